The van der Waals surface area contributed by atoms with E-state index in [9.17, 15) is 13.2 Å². The fourth-order valence-corrected chi connectivity index (χ4v) is 7.27. The molecule has 0 saturated carbocycles. The van der Waals surface area contributed by atoms with Crippen molar-refractivity contribution in [3.8, 4) is 0 Å². The smallest absolute Gasteiger partial charge is 0.177 e. The molecule has 0 saturated heterocycles. The third kappa shape index (κ3) is 2.35. The summed E-state index contributed by atoms with van der Waals surface area (Å²) in [6, 6.07) is 3.85. The van der Waals surface area contributed by atoms with Crippen LogP contribution in [-0.2, 0) is 14.6 Å². The Bertz CT molecular complexity index is 921. The number of nitrogens with one attached hydrogen (secondary N) is 1. The van der Waals surface area contributed by atoms with E-state index in [0.29, 0.717) is 16.9 Å². The molecule has 1 aromatic rings. The molecule has 0 radical (unpaired) electrons. The van der Waals surface area contributed by atoms with Gasteiger partial charge in [-0.3, -0.25) is 4.79 Å². The van der Waals surface area contributed by atoms with E-state index >= 15 is 0 Å². The van der Waals surface area contributed by atoms with Crippen molar-refractivity contribution in [1.82, 2.24) is 5.32 Å². The molecule has 1 aliphatic carbocycles. The number of sulfone groups is 1. The Kier molecular flexibility index (Phi) is 3.64. The lowest BCUT2D eigenvalue weighted by molar-refractivity contribution is -0.124. The second-order valence-corrected chi connectivity index (χ2v) is 11.8. The molecule has 1 unspecified atom stereocenters. The maximum Gasteiger partial charge on any atom is 0.177 e. The van der Waals surface area contributed by atoms with Crippen molar-refractivity contribution in [1.29, 1.82) is 0 Å². The van der Waals surface area contributed by atoms with Crippen LogP contribution in [0.3, 0.4) is 0 Å². The quantitative estimate of drug-likeness (QED) is 0.738. The second-order valence-electron chi connectivity index (χ2n) is 7.22. The first kappa shape index (κ1) is 16.5. The van der Waals surface area contributed by atoms with Crippen molar-refractivity contribution in [2.75, 3.05) is 5.75 Å². The highest BCUT2D eigenvalue weighted by Gasteiger charge is 2.48. The van der Waals surface area contributed by atoms with Crippen molar-refractivity contribution in [2.45, 2.75) is 39.0 Å². The number of dihydropyridines is 1. The maximum absolute atomic E-state index is 13.1. The van der Waals surface area contributed by atoms with Crippen LogP contribution in [0.4, 0.5) is 0 Å². The fourth-order valence-electron chi connectivity index (χ4n) is 3.83. The van der Waals surface area contributed by atoms with Crippen LogP contribution in [0.25, 0.3) is 0 Å². The van der Waals surface area contributed by atoms with Gasteiger partial charge in [0.1, 0.15) is 0 Å². The van der Waals surface area contributed by atoms with Gasteiger partial charge in [-0.25, -0.2) is 8.42 Å². The summed E-state index contributed by atoms with van der Waals surface area (Å²) >= 11 is 4.97. The van der Waals surface area contributed by atoms with Gasteiger partial charge < -0.3 is 5.32 Å². The van der Waals surface area contributed by atoms with Crippen molar-refractivity contribution >= 4 is 42.9 Å². The Hall–Kier alpha value is -0.920. The molecule has 4 nitrogen and oxygen atoms in total. The highest BCUT2D eigenvalue weighted by atomic mass is 79.9. The lowest BCUT2D eigenvalue weighted by Gasteiger charge is -2.38. The van der Waals surface area contributed by atoms with Gasteiger partial charge in [0.15, 0.2) is 15.6 Å². The Balaban J connectivity index is 1.95. The first-order valence-electron chi connectivity index (χ1n) is 7.96. The number of Topliss-reactive ketones (excluding diaryl/α,β-unsaturated/α-hetero) is 1. The number of halogens is 1. The van der Waals surface area contributed by atoms with Gasteiger partial charge in [0.2, 0.25) is 0 Å². The highest BCUT2D eigenvalue weighted by molar-refractivity contribution is 9.11. The van der Waals surface area contributed by atoms with Crippen LogP contribution in [0, 0.1) is 5.41 Å². The molecular formula is C17H18BrNO3S2. The normalized spacial score (nSPS) is 27.8. The van der Waals surface area contributed by atoms with Crippen LogP contribution < -0.4 is 5.32 Å². The zero-order valence-corrected chi connectivity index (χ0v) is 16.7. The van der Waals surface area contributed by atoms with E-state index in [1.165, 1.54) is 11.3 Å². The first-order valence-corrected chi connectivity index (χ1v) is 11.2. The summed E-state index contributed by atoms with van der Waals surface area (Å²) in [6.45, 7) is 3.90. The minimum Gasteiger partial charge on any atom is -0.361 e. The van der Waals surface area contributed by atoms with E-state index in [4.69, 9.17) is 0 Å². The molecule has 0 spiro atoms. The standard InChI is InChI=1S/C17H18BrNO3S2/c1-17(2)7-5-9-13(16(17)20)14(11-3-4-12(18)23-11)15-10(19-9)6-8-24(15,21)22/h3-4,14,19H,5-8H2,1-2H3. The molecular weight excluding hydrogens is 410 g/mol. The first-order chi connectivity index (χ1) is 11.2. The number of ketones is 1. The fraction of sp³-hybridized carbons (Fsp3) is 0.471. The van der Waals surface area contributed by atoms with Gasteiger partial charge in [-0.2, -0.15) is 0 Å². The predicted octanol–water partition coefficient (Wildman–Crippen LogP) is 3.87. The van der Waals surface area contributed by atoms with Crippen molar-refractivity contribution in [3.05, 3.63) is 42.7 Å². The Morgan fingerprint density at radius 2 is 2.00 bits per heavy atom. The molecule has 1 atom stereocenters. The summed E-state index contributed by atoms with van der Waals surface area (Å²) in [5.74, 6) is -0.252. The molecule has 3 heterocycles. The van der Waals surface area contributed by atoms with E-state index < -0.39 is 21.2 Å². The number of hydrogen-bond donors (Lipinski definition) is 1. The molecule has 1 N–H and O–H groups in total. The second kappa shape index (κ2) is 5.29. The van der Waals surface area contributed by atoms with E-state index in [0.717, 1.165) is 32.9 Å². The number of rotatable bonds is 1. The van der Waals surface area contributed by atoms with Crippen LogP contribution in [-0.4, -0.2) is 20.0 Å². The Labute approximate surface area is 154 Å². The molecule has 0 fully saturated rings. The predicted molar refractivity (Wildman–Crippen MR) is 98.4 cm³/mol. The van der Waals surface area contributed by atoms with E-state index in [-0.39, 0.29) is 11.5 Å². The summed E-state index contributed by atoms with van der Waals surface area (Å²) in [4.78, 5) is 14.5. The van der Waals surface area contributed by atoms with Gasteiger partial charge in [0, 0.05) is 33.7 Å². The number of carbonyl (C=O) groups excluding carboxylic acids is 1. The molecule has 0 aromatic carbocycles. The molecule has 24 heavy (non-hydrogen) atoms. The molecule has 4 rings (SSSR count). The van der Waals surface area contributed by atoms with Crippen molar-refractivity contribution in [2.24, 2.45) is 5.41 Å². The van der Waals surface area contributed by atoms with Crippen LogP contribution >= 0.6 is 27.3 Å². The number of hydrogen-bond acceptors (Lipinski definition) is 5. The summed E-state index contributed by atoms with van der Waals surface area (Å²) in [6.07, 6.45) is 2.08. The van der Waals surface area contributed by atoms with E-state index in [1.54, 1.807) is 0 Å². The lowest BCUT2D eigenvalue weighted by atomic mass is 9.70. The number of allylic oxidation sites excluding steroid dienone is 4. The third-order valence-corrected chi connectivity index (χ3v) is 8.75. The Morgan fingerprint density at radius 3 is 2.67 bits per heavy atom. The van der Waals surface area contributed by atoms with Crippen LogP contribution in [0.5, 0.6) is 0 Å². The molecule has 3 aliphatic rings. The lowest BCUT2D eigenvalue weighted by Crippen LogP contribution is -2.39. The molecule has 7 heteroatoms. The van der Waals surface area contributed by atoms with Gasteiger partial charge in [0.05, 0.1) is 20.4 Å². The average Bonchev–Trinajstić information content (AvgIpc) is 3.06. The summed E-state index contributed by atoms with van der Waals surface area (Å²) < 4.78 is 26.3. The molecule has 1 aromatic heterocycles. The van der Waals surface area contributed by atoms with Gasteiger partial charge in [-0.05, 0) is 40.9 Å². The maximum atomic E-state index is 13.1. The summed E-state index contributed by atoms with van der Waals surface area (Å²) in [5.41, 5.74) is 1.92. The van der Waals surface area contributed by atoms with Crippen LogP contribution in [0.15, 0.2) is 37.8 Å². The largest absolute Gasteiger partial charge is 0.361 e. The third-order valence-electron chi connectivity index (χ3n) is 5.17. The minimum atomic E-state index is -3.32. The number of thiophene rings is 1. The van der Waals surface area contributed by atoms with E-state index in [2.05, 4.69) is 21.2 Å². The molecule has 0 amide bonds. The molecule has 128 valence electrons. The SMILES string of the molecule is CC1(C)CCC2=C(C1=O)C(c1ccc(Br)s1)C1=C(CCS1(=O)=O)N2. The molecule has 0 bridgehead atoms. The minimum absolute atomic E-state index is 0.0689. The Morgan fingerprint density at radius 1 is 1.25 bits per heavy atom. The molecule has 2 aliphatic heterocycles. The monoisotopic (exact) mass is 427 g/mol. The number of carbonyl (C=O) groups is 1. The van der Waals surface area contributed by atoms with Gasteiger partial charge >= 0.3 is 0 Å². The summed E-state index contributed by atoms with van der Waals surface area (Å²) in [7, 11) is -3.32. The average molecular weight is 428 g/mol. The van der Waals surface area contributed by atoms with E-state index in [1.807, 2.05) is 26.0 Å². The topological polar surface area (TPSA) is 63.2 Å². The van der Waals surface area contributed by atoms with Gasteiger partial charge in [-0.15, -0.1) is 11.3 Å². The zero-order chi connectivity index (χ0) is 17.3. The van der Waals surface area contributed by atoms with Crippen molar-refractivity contribution in [3.63, 3.8) is 0 Å². The highest BCUT2D eigenvalue weighted by Crippen LogP contribution is 2.51. The van der Waals surface area contributed by atoms with Crippen LogP contribution in [0.2, 0.25) is 0 Å². The van der Waals surface area contributed by atoms with Gasteiger partial charge in [-0.1, -0.05) is 13.8 Å². The van der Waals surface area contributed by atoms with Crippen LogP contribution in [0.1, 0.15) is 43.9 Å². The zero-order valence-electron chi connectivity index (χ0n) is 13.5. The van der Waals surface area contributed by atoms with Crippen molar-refractivity contribution < 1.29 is 13.2 Å². The summed E-state index contributed by atoms with van der Waals surface area (Å²) in [5, 5.41) is 3.30. The van der Waals surface area contributed by atoms with Gasteiger partial charge in [0.25, 0.3) is 0 Å².